The second kappa shape index (κ2) is 10.3. The molecule has 0 N–H and O–H groups in total. The molecule has 0 amide bonds. The highest BCUT2D eigenvalue weighted by Crippen LogP contribution is 2.55. The first-order valence-corrected chi connectivity index (χ1v) is 13.4. The minimum atomic E-state index is -1.77. The van der Waals surface area contributed by atoms with Crippen molar-refractivity contribution in [3.63, 3.8) is 0 Å². The van der Waals surface area contributed by atoms with Gasteiger partial charge in [-0.05, 0) is 73.0 Å². The van der Waals surface area contributed by atoms with Crippen LogP contribution in [0.5, 0.6) is 5.75 Å². The van der Waals surface area contributed by atoms with Crippen LogP contribution in [0.25, 0.3) is 0 Å². The van der Waals surface area contributed by atoms with Crippen LogP contribution in [0.3, 0.4) is 0 Å². The van der Waals surface area contributed by atoms with Crippen LogP contribution in [-0.4, -0.2) is 13.3 Å². The van der Waals surface area contributed by atoms with Crippen molar-refractivity contribution in [3.8, 4) is 5.75 Å². The molecule has 0 aromatic heterocycles. The Morgan fingerprint density at radius 3 is 1.61 bits per heavy atom. The minimum Gasteiger partial charge on any atom is -0.497 e. The quantitative estimate of drug-likeness (QED) is 0.260. The number of halogens is 1. The molecular formula is C28H27BrOP+. The van der Waals surface area contributed by atoms with Crippen molar-refractivity contribution in [2.45, 2.75) is 12.8 Å². The molecule has 0 atom stereocenters. The van der Waals surface area contributed by atoms with Gasteiger partial charge in [0.25, 0.3) is 0 Å². The van der Waals surface area contributed by atoms with Crippen LogP contribution in [-0.2, 0) is 6.42 Å². The lowest BCUT2D eigenvalue weighted by Crippen LogP contribution is -2.33. The number of rotatable bonds is 8. The highest BCUT2D eigenvalue weighted by Gasteiger charge is 2.44. The molecule has 3 heteroatoms. The van der Waals surface area contributed by atoms with Crippen LogP contribution in [0.2, 0.25) is 0 Å². The summed E-state index contributed by atoms with van der Waals surface area (Å²) in [5.74, 6) is 0.911. The van der Waals surface area contributed by atoms with E-state index >= 15 is 0 Å². The van der Waals surface area contributed by atoms with Gasteiger partial charge in [-0.25, -0.2) is 0 Å². The van der Waals surface area contributed by atoms with Crippen LogP contribution < -0.4 is 20.7 Å². The van der Waals surface area contributed by atoms with Crippen molar-refractivity contribution in [3.05, 3.63) is 119 Å². The number of aryl methyl sites for hydroxylation is 1. The predicted molar refractivity (Wildman–Crippen MR) is 139 cm³/mol. The zero-order chi connectivity index (χ0) is 21.5. The van der Waals surface area contributed by atoms with E-state index in [4.69, 9.17) is 4.74 Å². The zero-order valence-electron chi connectivity index (χ0n) is 17.7. The average Bonchev–Trinajstić information content (AvgIpc) is 2.85. The fourth-order valence-electron chi connectivity index (χ4n) is 4.26. The van der Waals surface area contributed by atoms with Gasteiger partial charge in [0.15, 0.2) is 0 Å². The molecule has 4 rings (SSSR count). The van der Waals surface area contributed by atoms with Crippen LogP contribution >= 0.6 is 23.2 Å². The molecule has 0 aliphatic carbocycles. The molecule has 31 heavy (non-hydrogen) atoms. The predicted octanol–water partition coefficient (Wildman–Crippen LogP) is 6.38. The molecular weight excluding hydrogens is 463 g/mol. The molecule has 0 fully saturated rings. The van der Waals surface area contributed by atoms with Crippen LogP contribution in [0, 0.1) is 0 Å². The first-order chi connectivity index (χ1) is 15.2. The number of hydrogen-bond donors (Lipinski definition) is 0. The summed E-state index contributed by atoms with van der Waals surface area (Å²) in [4.78, 5) is 0. The first kappa shape index (κ1) is 21.8. The molecule has 0 radical (unpaired) electrons. The molecule has 0 aliphatic rings. The summed E-state index contributed by atoms with van der Waals surface area (Å²) in [6.45, 7) is 0. The fourth-order valence-corrected chi connectivity index (χ4v) is 9.05. The number of benzene rings is 4. The van der Waals surface area contributed by atoms with Crippen LogP contribution in [0.15, 0.2) is 114 Å². The summed E-state index contributed by atoms with van der Waals surface area (Å²) in [5, 5.41) is 4.33. The number of methoxy groups -OCH3 is 1. The maximum atomic E-state index is 5.45. The average molecular weight is 490 g/mol. The van der Waals surface area contributed by atoms with E-state index in [1.165, 1.54) is 21.5 Å². The standard InChI is InChI=1S/C28H27BrOP/c1-30-24-19-20-28(29)23(22-24)12-11-21-31(25-13-5-2-6-14-25,26-15-7-3-8-16-26)27-17-9-4-10-18-27/h2-10,13-20,22H,11-12,21H2,1H3/q+1. The Hall–Kier alpha value is -2.41. The van der Waals surface area contributed by atoms with Crippen molar-refractivity contribution < 1.29 is 4.74 Å². The third-order valence-electron chi connectivity index (χ3n) is 5.78. The lowest BCUT2D eigenvalue weighted by atomic mass is 10.1. The van der Waals surface area contributed by atoms with Gasteiger partial charge < -0.3 is 4.74 Å². The summed E-state index contributed by atoms with van der Waals surface area (Å²) in [6.07, 6.45) is 3.22. The fraction of sp³-hybridized carbons (Fsp3) is 0.143. The van der Waals surface area contributed by atoms with E-state index < -0.39 is 7.26 Å². The van der Waals surface area contributed by atoms with Crippen molar-refractivity contribution >= 4 is 39.1 Å². The van der Waals surface area contributed by atoms with Crippen molar-refractivity contribution in [1.82, 2.24) is 0 Å². The van der Waals surface area contributed by atoms with Gasteiger partial charge in [0.05, 0.1) is 13.3 Å². The van der Waals surface area contributed by atoms with E-state index in [1.54, 1.807) is 7.11 Å². The molecule has 0 aliphatic heterocycles. The SMILES string of the molecule is COc1ccc(Br)c(CCC[P+](c2ccccc2)(c2ccccc2)c2ccccc2)c1. The third kappa shape index (κ3) is 4.76. The van der Waals surface area contributed by atoms with E-state index in [1.807, 2.05) is 6.07 Å². The molecule has 4 aromatic carbocycles. The van der Waals surface area contributed by atoms with E-state index in [0.29, 0.717) is 0 Å². The first-order valence-electron chi connectivity index (χ1n) is 10.6. The number of hydrogen-bond acceptors (Lipinski definition) is 1. The Balaban J connectivity index is 1.76. The van der Waals surface area contributed by atoms with Crippen molar-refractivity contribution in [1.29, 1.82) is 0 Å². The molecule has 0 saturated heterocycles. The number of ether oxygens (including phenoxy) is 1. The maximum absolute atomic E-state index is 5.45. The largest absolute Gasteiger partial charge is 0.497 e. The Labute approximate surface area is 194 Å². The van der Waals surface area contributed by atoms with Gasteiger partial charge in [-0.15, -0.1) is 0 Å². The summed E-state index contributed by atoms with van der Waals surface area (Å²) in [5.41, 5.74) is 1.30. The van der Waals surface area contributed by atoms with Crippen LogP contribution in [0.4, 0.5) is 0 Å². The van der Waals surface area contributed by atoms with Gasteiger partial charge in [-0.1, -0.05) is 70.5 Å². The second-order valence-corrected chi connectivity index (χ2v) is 12.1. The molecule has 156 valence electrons. The van der Waals surface area contributed by atoms with Gasteiger partial charge in [0.2, 0.25) is 0 Å². The Morgan fingerprint density at radius 2 is 1.16 bits per heavy atom. The molecule has 0 bridgehead atoms. The van der Waals surface area contributed by atoms with Gasteiger partial charge in [-0.3, -0.25) is 0 Å². The highest BCUT2D eigenvalue weighted by molar-refractivity contribution is 9.10. The van der Waals surface area contributed by atoms with E-state index in [0.717, 1.165) is 29.2 Å². The van der Waals surface area contributed by atoms with E-state index in [9.17, 15) is 0 Å². The lowest BCUT2D eigenvalue weighted by molar-refractivity contribution is 0.414. The van der Waals surface area contributed by atoms with Gasteiger partial charge >= 0.3 is 0 Å². The summed E-state index contributed by atoms with van der Waals surface area (Å²) in [6, 6.07) is 39.5. The molecule has 0 unspecified atom stereocenters. The van der Waals surface area contributed by atoms with Gasteiger partial charge in [0.1, 0.15) is 28.9 Å². The zero-order valence-corrected chi connectivity index (χ0v) is 20.2. The smallest absolute Gasteiger partial charge is 0.119 e. The molecule has 0 spiro atoms. The van der Waals surface area contributed by atoms with Gasteiger partial charge in [0, 0.05) is 4.47 Å². The monoisotopic (exact) mass is 489 g/mol. The Bertz CT molecular complexity index is 1000. The molecule has 4 aromatic rings. The third-order valence-corrected chi connectivity index (χ3v) is 11.1. The normalized spacial score (nSPS) is 11.3. The second-order valence-electron chi connectivity index (χ2n) is 7.60. The molecule has 0 saturated carbocycles. The van der Waals surface area contributed by atoms with Crippen LogP contribution in [0.1, 0.15) is 12.0 Å². The van der Waals surface area contributed by atoms with E-state index in [-0.39, 0.29) is 0 Å². The summed E-state index contributed by atoms with van der Waals surface area (Å²) in [7, 11) is -0.0447. The van der Waals surface area contributed by atoms with Crippen molar-refractivity contribution in [2.24, 2.45) is 0 Å². The highest BCUT2D eigenvalue weighted by atomic mass is 79.9. The molecule has 1 nitrogen and oxygen atoms in total. The summed E-state index contributed by atoms with van der Waals surface area (Å²) < 4.78 is 6.60. The minimum absolute atomic E-state index is 0.911. The lowest BCUT2D eigenvalue weighted by Gasteiger charge is -2.27. The topological polar surface area (TPSA) is 9.23 Å². The molecule has 0 heterocycles. The maximum Gasteiger partial charge on any atom is 0.119 e. The Kier molecular flexibility index (Phi) is 7.22. The van der Waals surface area contributed by atoms with Crippen molar-refractivity contribution in [2.75, 3.05) is 13.3 Å². The van der Waals surface area contributed by atoms with E-state index in [2.05, 4.69) is 119 Å². The Morgan fingerprint density at radius 1 is 0.677 bits per heavy atom. The van der Waals surface area contributed by atoms with Gasteiger partial charge in [-0.2, -0.15) is 0 Å². The summed E-state index contributed by atoms with van der Waals surface area (Å²) >= 11 is 3.73.